The number of hydrogen-bond donors (Lipinski definition) is 1. The lowest BCUT2D eigenvalue weighted by Crippen LogP contribution is -2.42. The van der Waals surface area contributed by atoms with Gasteiger partial charge < -0.3 is 4.74 Å². The number of nitrogens with one attached hydrogen (secondary N) is 1. The molecule has 2 aromatic rings. The Morgan fingerprint density at radius 2 is 1.74 bits per heavy atom. The van der Waals surface area contributed by atoms with Crippen LogP contribution in [0, 0.1) is 5.92 Å². The third-order valence-corrected chi connectivity index (χ3v) is 7.63. The van der Waals surface area contributed by atoms with Crippen LogP contribution in [0.1, 0.15) is 32.3 Å². The van der Waals surface area contributed by atoms with Crippen molar-refractivity contribution in [1.82, 2.24) is 9.73 Å². The number of hydrazone groups is 1. The number of sulfonamides is 1. The highest BCUT2D eigenvalue weighted by atomic mass is 79.9. The minimum atomic E-state index is -3.55. The first-order chi connectivity index (χ1) is 14.8. The molecule has 7 nitrogen and oxygen atoms in total. The van der Waals surface area contributed by atoms with Crippen molar-refractivity contribution in [3.8, 4) is 5.75 Å². The van der Waals surface area contributed by atoms with E-state index in [4.69, 9.17) is 4.74 Å². The van der Waals surface area contributed by atoms with Crippen molar-refractivity contribution in [1.29, 1.82) is 0 Å². The lowest BCUT2D eigenvalue weighted by Gasteiger charge is -2.30. The highest BCUT2D eigenvalue weighted by Gasteiger charge is 2.32. The van der Waals surface area contributed by atoms with Gasteiger partial charge in [0.25, 0.3) is 0 Å². The van der Waals surface area contributed by atoms with E-state index in [2.05, 4.69) is 26.5 Å². The molecule has 31 heavy (non-hydrogen) atoms. The van der Waals surface area contributed by atoms with Gasteiger partial charge in [-0.05, 0) is 80.8 Å². The Morgan fingerprint density at radius 1 is 1.13 bits per heavy atom. The summed E-state index contributed by atoms with van der Waals surface area (Å²) in [5.74, 6) is 0.326. The lowest BCUT2D eigenvalue weighted by atomic mass is 9.98. The minimum Gasteiger partial charge on any atom is -0.494 e. The molecule has 166 valence electrons. The molecule has 0 radical (unpaired) electrons. The van der Waals surface area contributed by atoms with Gasteiger partial charge in [-0.25, -0.2) is 13.8 Å². The van der Waals surface area contributed by atoms with Crippen molar-refractivity contribution in [3.63, 3.8) is 0 Å². The molecule has 1 N–H and O–H groups in total. The van der Waals surface area contributed by atoms with Crippen LogP contribution in [0.25, 0.3) is 0 Å². The van der Waals surface area contributed by atoms with Gasteiger partial charge in [0.05, 0.1) is 17.2 Å². The lowest BCUT2D eigenvalue weighted by molar-refractivity contribution is -0.126. The number of benzene rings is 2. The van der Waals surface area contributed by atoms with Crippen LogP contribution < -0.4 is 10.2 Å². The Hall–Kier alpha value is -2.23. The van der Waals surface area contributed by atoms with Crippen molar-refractivity contribution in [2.24, 2.45) is 11.0 Å². The Kier molecular flexibility index (Phi) is 7.85. The average Bonchev–Trinajstić information content (AvgIpc) is 2.78. The molecule has 0 bridgehead atoms. The average molecular weight is 508 g/mol. The normalized spacial score (nSPS) is 16.2. The van der Waals surface area contributed by atoms with Gasteiger partial charge in [-0.2, -0.15) is 9.41 Å². The monoisotopic (exact) mass is 507 g/mol. The van der Waals surface area contributed by atoms with E-state index in [1.54, 1.807) is 24.3 Å². The van der Waals surface area contributed by atoms with Gasteiger partial charge in [0, 0.05) is 23.5 Å². The molecular weight excluding hydrogens is 482 g/mol. The first-order valence-corrected chi connectivity index (χ1v) is 12.4. The van der Waals surface area contributed by atoms with Crippen molar-refractivity contribution in [2.75, 3.05) is 19.7 Å². The summed E-state index contributed by atoms with van der Waals surface area (Å²) in [5.41, 5.74) is 4.20. The van der Waals surface area contributed by atoms with Gasteiger partial charge in [0.1, 0.15) is 5.75 Å². The molecule has 1 aliphatic heterocycles. The van der Waals surface area contributed by atoms with Gasteiger partial charge in [0.2, 0.25) is 15.9 Å². The van der Waals surface area contributed by atoms with E-state index in [1.807, 2.05) is 38.1 Å². The van der Waals surface area contributed by atoms with Crippen molar-refractivity contribution in [2.45, 2.75) is 31.6 Å². The standard InChI is InChI=1S/C22H26BrN3O4S/c1-3-30-20-8-4-17(5-9-20)16(2)24-25-22(27)18-12-14-26(15-13-18)31(28,29)21-10-6-19(23)7-11-21/h4-11,18H,3,12-15H2,1-2H3,(H,25,27)/b24-16-. The highest BCUT2D eigenvalue weighted by molar-refractivity contribution is 9.10. The third kappa shape index (κ3) is 5.93. The van der Waals surface area contributed by atoms with Crippen LogP contribution in [-0.4, -0.2) is 44.0 Å². The highest BCUT2D eigenvalue weighted by Crippen LogP contribution is 2.25. The number of ether oxygens (including phenoxy) is 1. The molecule has 0 aromatic heterocycles. The van der Waals surface area contributed by atoms with Gasteiger partial charge in [0.15, 0.2) is 0 Å². The van der Waals surface area contributed by atoms with Crippen LogP contribution in [-0.2, 0) is 14.8 Å². The van der Waals surface area contributed by atoms with Crippen LogP contribution >= 0.6 is 15.9 Å². The fourth-order valence-corrected chi connectivity index (χ4v) is 5.10. The van der Waals surface area contributed by atoms with E-state index < -0.39 is 10.0 Å². The third-order valence-electron chi connectivity index (χ3n) is 5.19. The smallest absolute Gasteiger partial charge is 0.243 e. The van der Waals surface area contributed by atoms with Crippen LogP contribution in [0.2, 0.25) is 0 Å². The number of hydrogen-bond acceptors (Lipinski definition) is 5. The van der Waals surface area contributed by atoms with Crippen molar-refractivity contribution < 1.29 is 17.9 Å². The predicted octanol–water partition coefficient (Wildman–Crippen LogP) is 3.79. The fraction of sp³-hybridized carbons (Fsp3) is 0.364. The van der Waals surface area contributed by atoms with Crippen LogP contribution in [0.15, 0.2) is 63.0 Å². The second kappa shape index (κ2) is 10.4. The molecule has 0 spiro atoms. The summed E-state index contributed by atoms with van der Waals surface area (Å²) in [7, 11) is -3.55. The van der Waals surface area contributed by atoms with Crippen LogP contribution in [0.4, 0.5) is 0 Å². The minimum absolute atomic E-state index is 0.189. The summed E-state index contributed by atoms with van der Waals surface area (Å²) < 4.78 is 33.3. The van der Waals surface area contributed by atoms with Gasteiger partial charge in [-0.15, -0.1) is 0 Å². The van der Waals surface area contributed by atoms with Gasteiger partial charge >= 0.3 is 0 Å². The van der Waals surface area contributed by atoms with E-state index in [0.717, 1.165) is 15.8 Å². The molecule has 1 aliphatic rings. The second-order valence-electron chi connectivity index (χ2n) is 7.26. The summed E-state index contributed by atoms with van der Waals surface area (Å²) in [4.78, 5) is 12.8. The zero-order chi connectivity index (χ0) is 22.4. The van der Waals surface area contributed by atoms with E-state index in [9.17, 15) is 13.2 Å². The quantitative estimate of drug-likeness (QED) is 0.456. The summed E-state index contributed by atoms with van der Waals surface area (Å²) in [5, 5.41) is 4.21. The van der Waals surface area contributed by atoms with Gasteiger partial charge in [-0.1, -0.05) is 15.9 Å². The molecule has 1 amide bonds. The summed E-state index contributed by atoms with van der Waals surface area (Å²) >= 11 is 3.31. The number of carbonyl (C=O) groups excluding carboxylic acids is 1. The van der Waals surface area contributed by atoms with Crippen molar-refractivity contribution >= 4 is 37.6 Å². The maximum absolute atomic E-state index is 12.8. The number of nitrogens with zero attached hydrogens (tertiary/aromatic N) is 2. The SMILES string of the molecule is CCOc1ccc(/C(C)=N\NC(=O)C2CCN(S(=O)(=O)c3ccc(Br)cc3)CC2)cc1. The molecule has 3 rings (SSSR count). The van der Waals surface area contributed by atoms with Gasteiger partial charge in [-0.3, -0.25) is 4.79 Å². The Labute approximate surface area is 191 Å². The second-order valence-corrected chi connectivity index (χ2v) is 10.1. The molecular formula is C22H26BrN3O4S. The van der Waals surface area contributed by atoms with E-state index in [0.29, 0.717) is 38.2 Å². The molecule has 1 fully saturated rings. The molecule has 0 unspecified atom stereocenters. The number of rotatable bonds is 7. The number of carbonyl (C=O) groups is 1. The maximum Gasteiger partial charge on any atom is 0.243 e. The Bertz CT molecular complexity index is 1030. The molecule has 1 saturated heterocycles. The fourth-order valence-electron chi connectivity index (χ4n) is 3.37. The molecule has 2 aromatic carbocycles. The van der Waals surface area contributed by atoms with E-state index in [-0.39, 0.29) is 16.7 Å². The number of amides is 1. The molecule has 0 atom stereocenters. The van der Waals surface area contributed by atoms with Crippen LogP contribution in [0.5, 0.6) is 5.75 Å². The van der Waals surface area contributed by atoms with E-state index in [1.165, 1.54) is 4.31 Å². The first kappa shape index (κ1) is 23.4. The zero-order valence-electron chi connectivity index (χ0n) is 17.5. The molecule has 9 heteroatoms. The molecule has 0 aliphatic carbocycles. The van der Waals surface area contributed by atoms with Crippen LogP contribution in [0.3, 0.4) is 0 Å². The van der Waals surface area contributed by atoms with E-state index >= 15 is 0 Å². The topological polar surface area (TPSA) is 88.1 Å². The number of piperidine rings is 1. The zero-order valence-corrected chi connectivity index (χ0v) is 19.9. The summed E-state index contributed by atoms with van der Waals surface area (Å²) in [6.07, 6.45) is 0.915. The largest absolute Gasteiger partial charge is 0.494 e. The maximum atomic E-state index is 12.8. The summed E-state index contributed by atoms with van der Waals surface area (Å²) in [6.45, 7) is 4.96. The van der Waals surface area contributed by atoms with Crippen molar-refractivity contribution in [3.05, 3.63) is 58.6 Å². The number of halogens is 1. The Balaban J connectivity index is 1.55. The Morgan fingerprint density at radius 3 is 2.32 bits per heavy atom. The molecule has 1 heterocycles. The molecule has 0 saturated carbocycles. The summed E-state index contributed by atoms with van der Waals surface area (Å²) in [6, 6.07) is 14.1. The first-order valence-electron chi connectivity index (χ1n) is 10.1. The predicted molar refractivity (Wildman–Crippen MR) is 124 cm³/mol.